The maximum atomic E-state index is 12.6. The highest BCUT2D eigenvalue weighted by Gasteiger charge is 2.28. The zero-order valence-corrected chi connectivity index (χ0v) is 17.2. The first kappa shape index (κ1) is 20.3. The second-order valence-electron chi connectivity index (χ2n) is 7.90. The molecular weight excluding hydrogens is 362 g/mol. The second-order valence-corrected chi connectivity index (χ2v) is 9.84. The van der Waals surface area contributed by atoms with Crippen molar-refractivity contribution in [3.8, 4) is 0 Å². The lowest BCUT2D eigenvalue weighted by atomic mass is 10.0. The first-order chi connectivity index (χ1) is 12.9. The van der Waals surface area contributed by atoms with E-state index in [1.807, 2.05) is 0 Å². The van der Waals surface area contributed by atoms with Gasteiger partial charge in [0.15, 0.2) is 0 Å². The van der Waals surface area contributed by atoms with Gasteiger partial charge in [0.05, 0.1) is 4.90 Å². The van der Waals surface area contributed by atoms with Crippen LogP contribution in [0.4, 0.5) is 0 Å². The van der Waals surface area contributed by atoms with Crippen molar-refractivity contribution in [3.05, 3.63) is 29.8 Å². The van der Waals surface area contributed by atoms with E-state index in [2.05, 4.69) is 24.1 Å². The molecule has 2 saturated heterocycles. The van der Waals surface area contributed by atoms with E-state index in [4.69, 9.17) is 0 Å². The molecule has 0 saturated carbocycles. The number of hydrogen-bond acceptors (Lipinski definition) is 4. The zero-order valence-electron chi connectivity index (χ0n) is 16.4. The van der Waals surface area contributed by atoms with Crippen molar-refractivity contribution in [1.82, 2.24) is 14.5 Å². The number of nitrogens with zero attached hydrogens (tertiary/aromatic N) is 2. The van der Waals surface area contributed by atoms with E-state index >= 15 is 0 Å². The van der Waals surface area contributed by atoms with Crippen LogP contribution in [-0.4, -0.2) is 62.3 Å². The highest BCUT2D eigenvalue weighted by Crippen LogP contribution is 2.21. The number of likely N-dealkylation sites (tertiary alicyclic amines) is 1. The molecule has 7 heteroatoms. The molecule has 2 aliphatic rings. The highest BCUT2D eigenvalue weighted by molar-refractivity contribution is 7.89. The molecule has 2 aliphatic heterocycles. The lowest BCUT2D eigenvalue weighted by Gasteiger charge is -2.31. The first-order valence-electron chi connectivity index (χ1n) is 10.0. The largest absolute Gasteiger partial charge is 0.350 e. The average molecular weight is 394 g/mol. The van der Waals surface area contributed by atoms with E-state index in [0.29, 0.717) is 37.2 Å². The van der Waals surface area contributed by atoms with Crippen molar-refractivity contribution in [1.29, 1.82) is 0 Å². The van der Waals surface area contributed by atoms with Crippen molar-refractivity contribution in [2.75, 3.05) is 32.7 Å². The summed E-state index contributed by atoms with van der Waals surface area (Å²) < 4.78 is 26.7. The fraction of sp³-hybridized carbons (Fsp3) is 0.650. The number of carbonyl (C=O) groups excluding carboxylic acids is 1. The van der Waals surface area contributed by atoms with Gasteiger partial charge < -0.3 is 5.32 Å². The van der Waals surface area contributed by atoms with Crippen LogP contribution in [0.5, 0.6) is 0 Å². The Labute approximate surface area is 163 Å². The Morgan fingerprint density at radius 3 is 2.11 bits per heavy atom. The average Bonchev–Trinajstić information content (AvgIpc) is 3.36. The van der Waals surface area contributed by atoms with Gasteiger partial charge in [-0.2, -0.15) is 4.31 Å². The molecular formula is C20H31N3O3S. The zero-order chi connectivity index (χ0) is 19.4. The van der Waals surface area contributed by atoms with Crippen LogP contribution >= 0.6 is 0 Å². The summed E-state index contributed by atoms with van der Waals surface area (Å²) >= 11 is 0. The molecule has 0 radical (unpaired) electrons. The summed E-state index contributed by atoms with van der Waals surface area (Å²) in [6.07, 6.45) is 4.27. The Bertz CT molecular complexity index is 734. The summed E-state index contributed by atoms with van der Waals surface area (Å²) in [6.45, 7) is 8.35. The minimum atomic E-state index is -3.43. The van der Waals surface area contributed by atoms with E-state index in [1.165, 1.54) is 17.1 Å². The van der Waals surface area contributed by atoms with Gasteiger partial charge in [0.25, 0.3) is 5.91 Å². The fourth-order valence-corrected chi connectivity index (χ4v) is 5.53. The molecule has 1 atom stereocenters. The first-order valence-corrected chi connectivity index (χ1v) is 11.5. The van der Waals surface area contributed by atoms with Crippen molar-refractivity contribution in [2.45, 2.75) is 50.5 Å². The molecule has 1 aromatic rings. The summed E-state index contributed by atoms with van der Waals surface area (Å²) in [6, 6.07) is 6.65. The van der Waals surface area contributed by atoms with Gasteiger partial charge in [-0.05, 0) is 69.0 Å². The normalized spacial score (nSPS) is 20.3. The van der Waals surface area contributed by atoms with E-state index in [0.717, 1.165) is 25.9 Å². The van der Waals surface area contributed by atoms with E-state index < -0.39 is 10.0 Å². The Morgan fingerprint density at radius 2 is 1.56 bits per heavy atom. The maximum absolute atomic E-state index is 12.6. The van der Waals surface area contributed by atoms with Crippen LogP contribution < -0.4 is 5.32 Å². The SMILES string of the molecule is CC(C)C(CNC(=O)c1ccc(S(=O)(=O)N2CCCC2)cc1)N1CCCC1. The third-order valence-corrected chi connectivity index (χ3v) is 7.58. The van der Waals surface area contributed by atoms with Crippen LogP contribution in [0.25, 0.3) is 0 Å². The van der Waals surface area contributed by atoms with E-state index in [-0.39, 0.29) is 10.8 Å². The van der Waals surface area contributed by atoms with Crippen LogP contribution in [-0.2, 0) is 10.0 Å². The molecule has 1 unspecified atom stereocenters. The van der Waals surface area contributed by atoms with Gasteiger partial charge in [-0.3, -0.25) is 9.69 Å². The van der Waals surface area contributed by atoms with Gasteiger partial charge in [0, 0.05) is 31.2 Å². The van der Waals surface area contributed by atoms with E-state index in [1.54, 1.807) is 24.3 Å². The number of hydrogen-bond donors (Lipinski definition) is 1. The number of benzene rings is 1. The minimum absolute atomic E-state index is 0.148. The third-order valence-electron chi connectivity index (χ3n) is 5.67. The molecule has 1 aromatic carbocycles. The van der Waals surface area contributed by atoms with Crippen LogP contribution in [0.15, 0.2) is 29.2 Å². The number of rotatable bonds is 7. The smallest absolute Gasteiger partial charge is 0.251 e. The van der Waals surface area contributed by atoms with Crippen molar-refractivity contribution >= 4 is 15.9 Å². The Kier molecular flexibility index (Phi) is 6.55. The monoisotopic (exact) mass is 393 g/mol. The van der Waals surface area contributed by atoms with Crippen LogP contribution in [0.2, 0.25) is 0 Å². The van der Waals surface area contributed by atoms with Gasteiger partial charge in [-0.25, -0.2) is 8.42 Å². The van der Waals surface area contributed by atoms with Crippen LogP contribution in [0, 0.1) is 5.92 Å². The summed E-state index contributed by atoms with van der Waals surface area (Å²) in [4.78, 5) is 15.2. The molecule has 150 valence electrons. The maximum Gasteiger partial charge on any atom is 0.251 e. The number of amides is 1. The summed E-state index contributed by atoms with van der Waals surface area (Å²) in [7, 11) is -3.43. The van der Waals surface area contributed by atoms with Crippen LogP contribution in [0.3, 0.4) is 0 Å². The minimum Gasteiger partial charge on any atom is -0.350 e. The van der Waals surface area contributed by atoms with Crippen molar-refractivity contribution in [3.63, 3.8) is 0 Å². The van der Waals surface area contributed by atoms with Gasteiger partial charge in [0.2, 0.25) is 10.0 Å². The fourth-order valence-electron chi connectivity index (χ4n) is 4.01. The van der Waals surface area contributed by atoms with Crippen LogP contribution in [0.1, 0.15) is 49.9 Å². The number of carbonyl (C=O) groups is 1. The lowest BCUT2D eigenvalue weighted by Crippen LogP contribution is -2.45. The molecule has 0 aromatic heterocycles. The Balaban J connectivity index is 1.61. The molecule has 27 heavy (non-hydrogen) atoms. The molecule has 0 bridgehead atoms. The molecule has 0 aliphatic carbocycles. The second kappa shape index (κ2) is 8.71. The van der Waals surface area contributed by atoms with Gasteiger partial charge in [0.1, 0.15) is 0 Å². The standard InChI is InChI=1S/C20H31N3O3S/c1-16(2)19(22-11-3-4-12-22)15-21-20(24)17-7-9-18(10-8-17)27(25,26)23-13-5-6-14-23/h7-10,16,19H,3-6,11-15H2,1-2H3,(H,21,24). The lowest BCUT2D eigenvalue weighted by molar-refractivity contribution is 0.0927. The molecule has 2 fully saturated rings. The molecule has 6 nitrogen and oxygen atoms in total. The van der Waals surface area contributed by atoms with Gasteiger partial charge in [-0.1, -0.05) is 13.8 Å². The third kappa shape index (κ3) is 4.70. The Hall–Kier alpha value is -1.44. The molecule has 0 spiro atoms. The van der Waals surface area contributed by atoms with Crippen molar-refractivity contribution < 1.29 is 13.2 Å². The molecule has 2 heterocycles. The summed E-state index contributed by atoms with van der Waals surface area (Å²) in [5, 5.41) is 3.03. The summed E-state index contributed by atoms with van der Waals surface area (Å²) in [5.74, 6) is 0.321. The number of nitrogens with one attached hydrogen (secondary N) is 1. The van der Waals surface area contributed by atoms with Gasteiger partial charge >= 0.3 is 0 Å². The quantitative estimate of drug-likeness (QED) is 0.772. The van der Waals surface area contributed by atoms with Gasteiger partial charge in [-0.15, -0.1) is 0 Å². The molecule has 1 amide bonds. The predicted molar refractivity (Wildman–Crippen MR) is 106 cm³/mol. The topological polar surface area (TPSA) is 69.7 Å². The highest BCUT2D eigenvalue weighted by atomic mass is 32.2. The number of sulfonamides is 1. The molecule has 3 rings (SSSR count). The van der Waals surface area contributed by atoms with E-state index in [9.17, 15) is 13.2 Å². The molecule has 1 N–H and O–H groups in total. The summed E-state index contributed by atoms with van der Waals surface area (Å²) in [5.41, 5.74) is 0.499. The predicted octanol–water partition coefficient (Wildman–Crippen LogP) is 2.32. The Morgan fingerprint density at radius 1 is 1.00 bits per heavy atom. The van der Waals surface area contributed by atoms with Crippen molar-refractivity contribution in [2.24, 2.45) is 5.92 Å².